The number of rotatable bonds is 61. The van der Waals surface area contributed by atoms with E-state index >= 15 is 0 Å². The molecule has 6 nitrogen and oxygen atoms in total. The normalized spacial score (nSPS) is 12.5. The lowest BCUT2D eigenvalue weighted by Crippen LogP contribution is -2.30. The summed E-state index contributed by atoms with van der Waals surface area (Å²) >= 11 is 0. The molecule has 0 aromatic heterocycles. The third-order valence-corrected chi connectivity index (χ3v) is 14.7. The highest BCUT2D eigenvalue weighted by Crippen LogP contribution is 2.17. The molecule has 0 aliphatic heterocycles. The third-order valence-electron chi connectivity index (χ3n) is 14.7. The second-order valence-corrected chi connectivity index (χ2v) is 22.4. The Morgan fingerprint density at radius 1 is 0.273 bits per heavy atom. The van der Waals surface area contributed by atoms with Crippen LogP contribution in [0.4, 0.5) is 0 Å². The Hall–Kier alpha value is -3.15. The van der Waals surface area contributed by atoms with Crippen LogP contribution in [-0.4, -0.2) is 37.2 Å². The van der Waals surface area contributed by atoms with Gasteiger partial charge < -0.3 is 14.2 Å². The average Bonchev–Trinajstić information content (AvgIpc) is 3.43. The lowest BCUT2D eigenvalue weighted by Gasteiger charge is -2.18. The number of ether oxygens (including phenoxy) is 3. The highest BCUT2D eigenvalue weighted by Gasteiger charge is 2.19. The van der Waals surface area contributed by atoms with Crippen LogP contribution in [0.3, 0.4) is 0 Å². The van der Waals surface area contributed by atoms with Gasteiger partial charge in [0.25, 0.3) is 0 Å². The summed E-state index contributed by atoms with van der Waals surface area (Å²) in [6, 6.07) is 0. The number of esters is 3. The standard InChI is InChI=1S/C71H126O6/c1-4-7-10-13-16-19-22-25-28-31-32-33-34-35-36-37-38-41-43-46-49-52-55-58-61-64-70(73)76-67-68(77-71(74)65-62-59-56-53-50-47-44-40-30-27-24-21-18-15-12-9-6-3)66-75-69(72)63-60-57-54-51-48-45-42-39-29-26-23-20-17-14-11-8-5-2/h7,10,16,19,25,27-28,30,32-33,35-36,68H,4-6,8-9,11-15,17-18,20-24,26,29,31,34,37-67H2,1-3H3/b10-7-,19-16-,28-25-,30-27-,33-32-,36-35-. The highest BCUT2D eigenvalue weighted by molar-refractivity contribution is 5.71. The molecule has 0 saturated heterocycles. The maximum Gasteiger partial charge on any atom is 0.306 e. The number of carbonyl (C=O) groups excluding carboxylic acids is 3. The fourth-order valence-electron chi connectivity index (χ4n) is 9.70. The van der Waals surface area contributed by atoms with E-state index in [1.807, 2.05) is 0 Å². The number of hydrogen-bond acceptors (Lipinski definition) is 6. The number of carbonyl (C=O) groups is 3. The van der Waals surface area contributed by atoms with Gasteiger partial charge in [0.05, 0.1) is 0 Å². The van der Waals surface area contributed by atoms with Crippen LogP contribution in [0.1, 0.15) is 342 Å². The Bertz CT molecular complexity index is 1420. The maximum absolute atomic E-state index is 12.9. The van der Waals surface area contributed by atoms with E-state index in [2.05, 4.69) is 93.7 Å². The van der Waals surface area contributed by atoms with Gasteiger partial charge in [-0.15, -0.1) is 0 Å². The van der Waals surface area contributed by atoms with Crippen molar-refractivity contribution in [3.8, 4) is 0 Å². The van der Waals surface area contributed by atoms with Gasteiger partial charge >= 0.3 is 17.9 Å². The minimum absolute atomic E-state index is 0.0750. The molecule has 0 aromatic rings. The lowest BCUT2D eigenvalue weighted by atomic mass is 10.0. The van der Waals surface area contributed by atoms with E-state index in [1.165, 1.54) is 205 Å². The molecule has 0 saturated carbocycles. The van der Waals surface area contributed by atoms with E-state index in [4.69, 9.17) is 14.2 Å². The van der Waals surface area contributed by atoms with Crippen molar-refractivity contribution >= 4 is 17.9 Å². The molecule has 0 aliphatic rings. The number of hydrogen-bond donors (Lipinski definition) is 0. The first kappa shape index (κ1) is 73.8. The Labute approximate surface area is 478 Å². The van der Waals surface area contributed by atoms with Gasteiger partial charge in [0, 0.05) is 19.3 Å². The molecule has 1 unspecified atom stereocenters. The van der Waals surface area contributed by atoms with Crippen LogP contribution < -0.4 is 0 Å². The number of unbranched alkanes of at least 4 members (excludes halogenated alkanes) is 38. The quantitative estimate of drug-likeness (QED) is 0.0261. The van der Waals surface area contributed by atoms with Gasteiger partial charge in [-0.1, -0.05) is 306 Å². The molecule has 6 heteroatoms. The van der Waals surface area contributed by atoms with E-state index < -0.39 is 6.10 Å². The molecule has 0 bridgehead atoms. The molecule has 0 fully saturated rings. The van der Waals surface area contributed by atoms with E-state index in [0.29, 0.717) is 19.3 Å². The molecule has 446 valence electrons. The van der Waals surface area contributed by atoms with Crippen molar-refractivity contribution in [1.82, 2.24) is 0 Å². The Balaban J connectivity index is 4.34. The largest absolute Gasteiger partial charge is 0.462 e. The van der Waals surface area contributed by atoms with E-state index in [-0.39, 0.29) is 31.1 Å². The fraction of sp³-hybridized carbons (Fsp3) is 0.789. The first-order chi connectivity index (χ1) is 38.0. The lowest BCUT2D eigenvalue weighted by molar-refractivity contribution is -0.167. The average molecular weight is 1080 g/mol. The van der Waals surface area contributed by atoms with Crippen molar-refractivity contribution in [2.24, 2.45) is 0 Å². The zero-order chi connectivity index (χ0) is 55.7. The molecule has 0 N–H and O–H groups in total. The fourth-order valence-corrected chi connectivity index (χ4v) is 9.70. The van der Waals surface area contributed by atoms with E-state index in [9.17, 15) is 14.4 Å². The highest BCUT2D eigenvalue weighted by atomic mass is 16.6. The predicted octanol–water partition coefficient (Wildman–Crippen LogP) is 22.9. The summed E-state index contributed by atoms with van der Waals surface area (Å²) in [5.41, 5.74) is 0. The molecule has 1 atom stereocenters. The second-order valence-electron chi connectivity index (χ2n) is 22.4. The Morgan fingerprint density at radius 3 is 0.805 bits per heavy atom. The molecule has 0 spiro atoms. The molecular weight excluding hydrogens is 949 g/mol. The molecule has 0 amide bonds. The summed E-state index contributed by atoms with van der Waals surface area (Å²) in [6.45, 7) is 6.57. The van der Waals surface area contributed by atoms with E-state index in [0.717, 1.165) is 96.3 Å². The van der Waals surface area contributed by atoms with Crippen LogP contribution in [0.5, 0.6) is 0 Å². The van der Waals surface area contributed by atoms with Gasteiger partial charge in [0.2, 0.25) is 0 Å². The van der Waals surface area contributed by atoms with Gasteiger partial charge in [-0.3, -0.25) is 14.4 Å². The van der Waals surface area contributed by atoms with Crippen molar-refractivity contribution in [3.05, 3.63) is 72.9 Å². The van der Waals surface area contributed by atoms with Crippen molar-refractivity contribution < 1.29 is 28.6 Å². The number of allylic oxidation sites excluding steroid dienone is 12. The summed E-state index contributed by atoms with van der Waals surface area (Å²) in [5, 5.41) is 0. The molecular formula is C71H126O6. The molecule has 0 rings (SSSR count). The Kier molecular flexibility index (Phi) is 62.7. The van der Waals surface area contributed by atoms with Crippen LogP contribution in [0, 0.1) is 0 Å². The SMILES string of the molecule is CC/C=C\C/C=C\C/C=C\C/C=C\C/C=C\CCCCCCCCCCCC(=O)OCC(COC(=O)CCCCCCCCCCCCCCCCCCC)OC(=O)CCCCCCCCC/C=C\CCCCCCCC. The van der Waals surface area contributed by atoms with Crippen LogP contribution in [0.15, 0.2) is 72.9 Å². The molecule has 0 heterocycles. The van der Waals surface area contributed by atoms with Crippen molar-refractivity contribution in [2.45, 2.75) is 348 Å². The van der Waals surface area contributed by atoms with Gasteiger partial charge in [-0.25, -0.2) is 0 Å². The summed E-state index contributed by atoms with van der Waals surface area (Å²) < 4.78 is 17.0. The molecule has 0 radical (unpaired) electrons. The maximum atomic E-state index is 12.9. The zero-order valence-electron chi connectivity index (χ0n) is 51.2. The van der Waals surface area contributed by atoms with Gasteiger partial charge in [0.15, 0.2) is 6.10 Å². The van der Waals surface area contributed by atoms with Crippen molar-refractivity contribution in [2.75, 3.05) is 13.2 Å². The predicted molar refractivity (Wildman–Crippen MR) is 335 cm³/mol. The second kappa shape index (κ2) is 65.4. The van der Waals surface area contributed by atoms with Gasteiger partial charge in [0.1, 0.15) is 13.2 Å². The summed E-state index contributed by atoms with van der Waals surface area (Å²) in [6.07, 6.45) is 84.8. The van der Waals surface area contributed by atoms with Crippen LogP contribution >= 0.6 is 0 Å². The molecule has 0 aliphatic carbocycles. The van der Waals surface area contributed by atoms with E-state index in [1.54, 1.807) is 0 Å². The van der Waals surface area contributed by atoms with Crippen molar-refractivity contribution in [3.63, 3.8) is 0 Å². The topological polar surface area (TPSA) is 78.9 Å². The summed E-state index contributed by atoms with van der Waals surface area (Å²) in [4.78, 5) is 38.4. The monoisotopic (exact) mass is 1070 g/mol. The third kappa shape index (κ3) is 63.6. The first-order valence-corrected chi connectivity index (χ1v) is 33.4. The molecule has 0 aromatic carbocycles. The van der Waals surface area contributed by atoms with Crippen LogP contribution in [0.25, 0.3) is 0 Å². The van der Waals surface area contributed by atoms with Gasteiger partial charge in [-0.2, -0.15) is 0 Å². The Morgan fingerprint density at radius 2 is 0.506 bits per heavy atom. The van der Waals surface area contributed by atoms with Crippen LogP contribution in [0.2, 0.25) is 0 Å². The van der Waals surface area contributed by atoms with Gasteiger partial charge in [-0.05, 0) is 89.9 Å². The zero-order valence-corrected chi connectivity index (χ0v) is 51.2. The summed E-state index contributed by atoms with van der Waals surface area (Å²) in [7, 11) is 0. The van der Waals surface area contributed by atoms with Crippen LogP contribution in [-0.2, 0) is 28.6 Å². The first-order valence-electron chi connectivity index (χ1n) is 33.4. The smallest absolute Gasteiger partial charge is 0.306 e. The van der Waals surface area contributed by atoms with Crippen molar-refractivity contribution in [1.29, 1.82) is 0 Å². The minimum atomic E-state index is -0.780. The summed E-state index contributed by atoms with van der Waals surface area (Å²) in [5.74, 6) is -0.866. The minimum Gasteiger partial charge on any atom is -0.462 e. The molecule has 77 heavy (non-hydrogen) atoms.